The molecule has 0 amide bonds. The largest absolute Gasteiger partial charge is 0.245 e. The Bertz CT molecular complexity index is 667. The smallest absolute Gasteiger partial charge is 0.202 e. The summed E-state index contributed by atoms with van der Waals surface area (Å²) in [5, 5.41) is -0.180. The van der Waals surface area contributed by atoms with Crippen LogP contribution in [0, 0.1) is 0 Å². The lowest BCUT2D eigenvalue weighted by Crippen LogP contribution is -2.13. The maximum absolute atomic E-state index is 12.5. The molecule has 0 aliphatic carbocycles. The first-order valence-electron chi connectivity index (χ1n) is 5.53. The number of hydrogen-bond acceptors (Lipinski definition) is 3. The molecule has 1 atom stereocenters. The molecule has 0 radical (unpaired) electrons. The Morgan fingerprint density at radius 1 is 1.05 bits per heavy atom. The van der Waals surface area contributed by atoms with Crippen molar-refractivity contribution in [3.8, 4) is 0 Å². The normalized spacial score (nSPS) is 13.2. The molecule has 1 aromatic carbocycles. The van der Waals surface area contributed by atoms with Gasteiger partial charge in [0.05, 0.1) is 5.25 Å². The van der Waals surface area contributed by atoms with Crippen LogP contribution in [0.2, 0.25) is 10.0 Å². The minimum atomic E-state index is -3.62. The molecule has 3 nitrogen and oxygen atoms in total. The van der Waals surface area contributed by atoms with Gasteiger partial charge in [0.25, 0.3) is 0 Å². The van der Waals surface area contributed by atoms with E-state index in [2.05, 4.69) is 4.98 Å². The first-order chi connectivity index (χ1) is 8.94. The Morgan fingerprint density at radius 2 is 1.68 bits per heavy atom. The molecule has 0 spiro atoms. The monoisotopic (exact) mass is 315 g/mol. The second-order valence-electron chi connectivity index (χ2n) is 3.99. The number of aromatic nitrogens is 1. The van der Waals surface area contributed by atoms with Crippen LogP contribution < -0.4 is 0 Å². The van der Waals surface area contributed by atoms with Crippen LogP contribution in [-0.2, 0) is 9.84 Å². The highest BCUT2D eigenvalue weighted by Crippen LogP contribution is 2.36. The lowest BCUT2D eigenvalue weighted by Gasteiger charge is -2.15. The van der Waals surface area contributed by atoms with Crippen molar-refractivity contribution < 1.29 is 8.42 Å². The lowest BCUT2D eigenvalue weighted by atomic mass is 10.2. The molecule has 2 aromatic rings. The van der Waals surface area contributed by atoms with E-state index in [0.29, 0.717) is 15.6 Å². The first-order valence-corrected chi connectivity index (χ1v) is 7.83. The van der Waals surface area contributed by atoms with Crippen LogP contribution in [0.25, 0.3) is 0 Å². The highest BCUT2D eigenvalue weighted by molar-refractivity contribution is 7.91. The summed E-state index contributed by atoms with van der Waals surface area (Å²) in [6.07, 6.45) is 1.44. The Balaban J connectivity index is 2.53. The maximum atomic E-state index is 12.5. The van der Waals surface area contributed by atoms with Gasteiger partial charge >= 0.3 is 0 Å². The molecular weight excluding hydrogens is 305 g/mol. The average Bonchev–Trinajstić information content (AvgIpc) is 2.39. The number of nitrogens with zero attached hydrogens (tertiary/aromatic N) is 1. The maximum Gasteiger partial charge on any atom is 0.202 e. The highest BCUT2D eigenvalue weighted by atomic mass is 35.5. The fourth-order valence-corrected chi connectivity index (χ4v) is 4.01. The number of benzene rings is 1. The number of rotatable bonds is 3. The molecule has 6 heteroatoms. The third-order valence-corrected chi connectivity index (χ3v) is 5.45. The van der Waals surface area contributed by atoms with E-state index in [1.807, 2.05) is 0 Å². The van der Waals surface area contributed by atoms with Crippen molar-refractivity contribution >= 4 is 33.0 Å². The number of sulfone groups is 1. The molecule has 1 heterocycles. The van der Waals surface area contributed by atoms with E-state index < -0.39 is 15.1 Å². The van der Waals surface area contributed by atoms with Crippen LogP contribution in [0.4, 0.5) is 0 Å². The van der Waals surface area contributed by atoms with E-state index in [-0.39, 0.29) is 5.03 Å². The zero-order chi connectivity index (χ0) is 14.0. The number of hydrogen-bond donors (Lipinski definition) is 0. The first kappa shape index (κ1) is 14.3. The van der Waals surface area contributed by atoms with Gasteiger partial charge in [-0.1, -0.05) is 35.3 Å². The van der Waals surface area contributed by atoms with Gasteiger partial charge in [-0.2, -0.15) is 0 Å². The predicted molar refractivity (Wildman–Crippen MR) is 76.3 cm³/mol. The molecule has 0 aliphatic rings. The van der Waals surface area contributed by atoms with Gasteiger partial charge in [0.1, 0.15) is 0 Å². The van der Waals surface area contributed by atoms with Gasteiger partial charge in [-0.15, -0.1) is 0 Å². The third kappa shape index (κ3) is 2.76. The molecule has 1 unspecified atom stereocenters. The van der Waals surface area contributed by atoms with Crippen molar-refractivity contribution in [1.29, 1.82) is 0 Å². The second kappa shape index (κ2) is 5.49. The molecule has 0 aliphatic heterocycles. The standard InChI is InChI=1S/C13H11Cl2NO2S/c1-9(13-10(14)5-4-6-11(13)15)19(17,18)12-7-2-3-8-16-12/h2-9H,1H3. The summed E-state index contributed by atoms with van der Waals surface area (Å²) < 4.78 is 24.9. The van der Waals surface area contributed by atoms with Crippen LogP contribution in [0.3, 0.4) is 0 Å². The average molecular weight is 316 g/mol. The van der Waals surface area contributed by atoms with E-state index in [1.165, 1.54) is 12.3 Å². The second-order valence-corrected chi connectivity index (χ2v) is 7.02. The van der Waals surface area contributed by atoms with E-state index >= 15 is 0 Å². The molecule has 19 heavy (non-hydrogen) atoms. The minimum Gasteiger partial charge on any atom is -0.245 e. The van der Waals surface area contributed by atoms with E-state index in [1.54, 1.807) is 37.3 Å². The summed E-state index contributed by atoms with van der Waals surface area (Å²) in [6, 6.07) is 9.65. The fraction of sp³-hybridized carbons (Fsp3) is 0.154. The summed E-state index contributed by atoms with van der Waals surface area (Å²) in [7, 11) is -3.62. The van der Waals surface area contributed by atoms with Gasteiger partial charge in [-0.05, 0) is 31.2 Å². The fourth-order valence-electron chi connectivity index (χ4n) is 1.75. The SMILES string of the molecule is CC(c1c(Cl)cccc1Cl)S(=O)(=O)c1ccccn1. The highest BCUT2D eigenvalue weighted by Gasteiger charge is 2.29. The van der Waals surface area contributed by atoms with Crippen molar-refractivity contribution in [2.24, 2.45) is 0 Å². The topological polar surface area (TPSA) is 47.0 Å². The molecule has 1 aromatic heterocycles. The molecule has 0 fully saturated rings. The van der Waals surface area contributed by atoms with Crippen LogP contribution in [0.1, 0.15) is 17.7 Å². The van der Waals surface area contributed by atoms with E-state index in [4.69, 9.17) is 23.2 Å². The van der Waals surface area contributed by atoms with Crippen molar-refractivity contribution in [3.05, 3.63) is 58.2 Å². The van der Waals surface area contributed by atoms with Crippen LogP contribution >= 0.6 is 23.2 Å². The van der Waals surface area contributed by atoms with Gasteiger partial charge in [-0.25, -0.2) is 13.4 Å². The summed E-state index contributed by atoms with van der Waals surface area (Å²) >= 11 is 12.1. The van der Waals surface area contributed by atoms with Crippen molar-refractivity contribution in [2.75, 3.05) is 0 Å². The number of halogens is 2. The van der Waals surface area contributed by atoms with Gasteiger partial charge in [-0.3, -0.25) is 0 Å². The molecule has 100 valence electrons. The number of pyridine rings is 1. The molecular formula is C13H11Cl2NO2S. The van der Waals surface area contributed by atoms with Crippen molar-refractivity contribution in [3.63, 3.8) is 0 Å². The van der Waals surface area contributed by atoms with E-state index in [0.717, 1.165) is 0 Å². The van der Waals surface area contributed by atoms with Crippen molar-refractivity contribution in [2.45, 2.75) is 17.2 Å². The molecule has 2 rings (SSSR count). The zero-order valence-electron chi connectivity index (χ0n) is 10.0. The van der Waals surface area contributed by atoms with Crippen LogP contribution in [-0.4, -0.2) is 13.4 Å². The van der Waals surface area contributed by atoms with Gasteiger partial charge in [0.15, 0.2) is 5.03 Å². The summed E-state index contributed by atoms with van der Waals surface area (Å²) in [6.45, 7) is 1.55. The summed E-state index contributed by atoms with van der Waals surface area (Å²) in [5.41, 5.74) is 0.400. The van der Waals surface area contributed by atoms with Gasteiger partial charge < -0.3 is 0 Å². The van der Waals surface area contributed by atoms with Crippen molar-refractivity contribution in [1.82, 2.24) is 4.98 Å². The third-order valence-electron chi connectivity index (χ3n) is 2.80. The Labute approximate surface area is 122 Å². The van der Waals surface area contributed by atoms with Crippen LogP contribution in [0.15, 0.2) is 47.6 Å². The summed E-state index contributed by atoms with van der Waals surface area (Å²) in [4.78, 5) is 3.88. The Hall–Kier alpha value is -1.10. The Kier molecular flexibility index (Phi) is 4.13. The molecule has 0 saturated heterocycles. The van der Waals surface area contributed by atoms with Gasteiger partial charge in [0, 0.05) is 21.8 Å². The minimum absolute atomic E-state index is 0.0125. The molecule has 0 N–H and O–H groups in total. The Morgan fingerprint density at radius 3 is 2.21 bits per heavy atom. The zero-order valence-corrected chi connectivity index (χ0v) is 12.4. The summed E-state index contributed by atoms with van der Waals surface area (Å²) in [5.74, 6) is 0. The quantitative estimate of drug-likeness (QED) is 0.862. The predicted octanol–water partition coefficient (Wildman–Crippen LogP) is 3.92. The van der Waals surface area contributed by atoms with Gasteiger partial charge in [0.2, 0.25) is 9.84 Å². The molecule has 0 saturated carbocycles. The lowest BCUT2D eigenvalue weighted by molar-refractivity contribution is 0.582. The molecule has 0 bridgehead atoms. The van der Waals surface area contributed by atoms with Crippen LogP contribution in [0.5, 0.6) is 0 Å². The van der Waals surface area contributed by atoms with E-state index in [9.17, 15) is 8.42 Å².